The number of nitrogens with one attached hydrogen (secondary N) is 1. The molecule has 122 valence electrons. The zero-order valence-electron chi connectivity index (χ0n) is 13.8. The molecule has 0 saturated carbocycles. The van der Waals surface area contributed by atoms with Crippen LogP contribution in [-0.2, 0) is 0 Å². The highest BCUT2D eigenvalue weighted by molar-refractivity contribution is 6.04. The average Bonchev–Trinajstić information content (AvgIpc) is 2.61. The van der Waals surface area contributed by atoms with Gasteiger partial charge in [0.2, 0.25) is 0 Å². The van der Waals surface area contributed by atoms with Gasteiger partial charge < -0.3 is 10.2 Å². The predicted molar refractivity (Wildman–Crippen MR) is 93.8 cm³/mol. The Morgan fingerprint density at radius 1 is 1.04 bits per heavy atom. The summed E-state index contributed by atoms with van der Waals surface area (Å²) < 4.78 is 0. The third kappa shape index (κ3) is 4.77. The number of hydrogen-bond acceptors (Lipinski definition) is 4. The molecule has 1 amide bonds. The highest BCUT2D eigenvalue weighted by Gasteiger charge is 2.17. The largest absolute Gasteiger partial charge is 0.369 e. The molecule has 2 aromatic rings. The highest BCUT2D eigenvalue weighted by atomic mass is 16.2. The lowest BCUT2D eigenvalue weighted by Gasteiger charge is -2.20. The number of rotatable bonds is 8. The van der Waals surface area contributed by atoms with Crippen molar-refractivity contribution in [2.45, 2.75) is 33.1 Å². The molecule has 0 saturated heterocycles. The zero-order valence-corrected chi connectivity index (χ0v) is 13.8. The van der Waals surface area contributed by atoms with Crippen LogP contribution >= 0.6 is 0 Å². The first-order chi connectivity index (χ1) is 11.3. The van der Waals surface area contributed by atoms with Crippen molar-refractivity contribution in [2.75, 3.05) is 23.3 Å². The SMILES string of the molecule is CCCCCNc1ccc(C(=O)N(CC)c2ccccc2)nn1. The number of benzene rings is 1. The Hall–Kier alpha value is -2.43. The van der Waals surface area contributed by atoms with Gasteiger partial charge in [0.05, 0.1) is 0 Å². The monoisotopic (exact) mass is 312 g/mol. The summed E-state index contributed by atoms with van der Waals surface area (Å²) in [7, 11) is 0. The number of carbonyl (C=O) groups is 1. The molecule has 0 atom stereocenters. The maximum atomic E-state index is 12.6. The molecule has 0 aliphatic carbocycles. The minimum Gasteiger partial charge on any atom is -0.369 e. The number of nitrogens with zero attached hydrogens (tertiary/aromatic N) is 3. The van der Waals surface area contributed by atoms with Crippen LogP contribution in [0, 0.1) is 0 Å². The molecular weight excluding hydrogens is 288 g/mol. The lowest BCUT2D eigenvalue weighted by atomic mass is 10.2. The molecule has 5 nitrogen and oxygen atoms in total. The molecule has 0 radical (unpaired) electrons. The van der Waals surface area contributed by atoms with E-state index in [1.54, 1.807) is 11.0 Å². The van der Waals surface area contributed by atoms with Crippen molar-refractivity contribution in [1.82, 2.24) is 10.2 Å². The summed E-state index contributed by atoms with van der Waals surface area (Å²) in [5.74, 6) is 0.573. The standard InChI is InChI=1S/C18H24N4O/c1-3-5-9-14-19-17-13-12-16(20-21-17)18(23)22(4-2)15-10-7-6-8-11-15/h6-8,10-13H,3-5,9,14H2,1-2H3,(H,19,21). The van der Waals surface area contributed by atoms with Gasteiger partial charge >= 0.3 is 0 Å². The molecule has 1 aromatic heterocycles. The number of aromatic nitrogens is 2. The third-order valence-corrected chi connectivity index (χ3v) is 3.60. The second-order valence-corrected chi connectivity index (χ2v) is 5.32. The van der Waals surface area contributed by atoms with E-state index in [4.69, 9.17) is 0 Å². The van der Waals surface area contributed by atoms with Crippen LogP contribution in [0.15, 0.2) is 42.5 Å². The van der Waals surface area contributed by atoms with E-state index in [9.17, 15) is 4.79 Å². The number of anilines is 2. The summed E-state index contributed by atoms with van der Waals surface area (Å²) in [6, 6.07) is 13.1. The molecule has 0 spiro atoms. The molecule has 2 rings (SSSR count). The first-order valence-electron chi connectivity index (χ1n) is 8.20. The second kappa shape index (κ2) is 8.88. The summed E-state index contributed by atoms with van der Waals surface area (Å²) >= 11 is 0. The lowest BCUT2D eigenvalue weighted by molar-refractivity contribution is 0.0982. The van der Waals surface area contributed by atoms with E-state index in [2.05, 4.69) is 22.4 Å². The van der Waals surface area contributed by atoms with E-state index in [0.717, 1.165) is 18.7 Å². The van der Waals surface area contributed by atoms with Crippen molar-refractivity contribution in [3.05, 3.63) is 48.2 Å². The van der Waals surface area contributed by atoms with Gasteiger partial charge in [-0.15, -0.1) is 10.2 Å². The molecule has 1 aromatic carbocycles. The van der Waals surface area contributed by atoms with E-state index >= 15 is 0 Å². The first kappa shape index (κ1) is 16.9. The number of carbonyl (C=O) groups excluding carboxylic acids is 1. The summed E-state index contributed by atoms with van der Waals surface area (Å²) in [5.41, 5.74) is 1.22. The Morgan fingerprint density at radius 2 is 1.83 bits per heavy atom. The van der Waals surface area contributed by atoms with Crippen LogP contribution in [0.25, 0.3) is 0 Å². The van der Waals surface area contributed by atoms with Crippen molar-refractivity contribution >= 4 is 17.4 Å². The molecular formula is C18H24N4O. The predicted octanol–water partition coefficient (Wildman–Crippen LogP) is 3.75. The number of amides is 1. The minimum absolute atomic E-state index is 0.135. The van der Waals surface area contributed by atoms with Crippen LogP contribution in [0.5, 0.6) is 0 Å². The fourth-order valence-electron chi connectivity index (χ4n) is 2.32. The van der Waals surface area contributed by atoms with Gasteiger partial charge in [-0.2, -0.15) is 0 Å². The molecule has 23 heavy (non-hydrogen) atoms. The van der Waals surface area contributed by atoms with Crippen LogP contribution in [0.1, 0.15) is 43.6 Å². The van der Waals surface area contributed by atoms with Crippen LogP contribution in [0.4, 0.5) is 11.5 Å². The van der Waals surface area contributed by atoms with Crippen LogP contribution in [0.3, 0.4) is 0 Å². The van der Waals surface area contributed by atoms with Crippen molar-refractivity contribution < 1.29 is 4.79 Å². The van der Waals surface area contributed by atoms with Gasteiger partial charge in [0.1, 0.15) is 5.82 Å². The number of para-hydroxylation sites is 1. The van der Waals surface area contributed by atoms with Crippen LogP contribution < -0.4 is 10.2 Å². The molecule has 0 aliphatic heterocycles. The molecule has 5 heteroatoms. The van der Waals surface area contributed by atoms with Gasteiger partial charge in [-0.25, -0.2) is 0 Å². The van der Waals surface area contributed by atoms with Crippen molar-refractivity contribution in [3.8, 4) is 0 Å². The van der Waals surface area contributed by atoms with Gasteiger partial charge in [-0.1, -0.05) is 38.0 Å². The van der Waals surface area contributed by atoms with Crippen molar-refractivity contribution in [2.24, 2.45) is 0 Å². The Balaban J connectivity index is 2.01. The summed E-state index contributed by atoms with van der Waals surface area (Å²) in [4.78, 5) is 14.3. The van der Waals surface area contributed by atoms with E-state index in [-0.39, 0.29) is 5.91 Å². The van der Waals surface area contributed by atoms with Gasteiger partial charge in [0, 0.05) is 18.8 Å². The molecule has 0 unspecified atom stereocenters. The van der Waals surface area contributed by atoms with Gasteiger partial charge in [-0.05, 0) is 37.6 Å². The summed E-state index contributed by atoms with van der Waals surface area (Å²) in [6.07, 6.45) is 3.49. The Kier molecular flexibility index (Phi) is 6.54. The van der Waals surface area contributed by atoms with E-state index in [0.29, 0.717) is 18.1 Å². The molecule has 1 heterocycles. The van der Waals surface area contributed by atoms with E-state index in [1.807, 2.05) is 43.3 Å². The fourth-order valence-corrected chi connectivity index (χ4v) is 2.32. The fraction of sp³-hybridized carbons (Fsp3) is 0.389. The Labute approximate surface area is 137 Å². The molecule has 0 fully saturated rings. The van der Waals surface area contributed by atoms with Gasteiger partial charge in [0.15, 0.2) is 5.69 Å². The van der Waals surface area contributed by atoms with Crippen molar-refractivity contribution in [3.63, 3.8) is 0 Å². The van der Waals surface area contributed by atoms with Crippen molar-refractivity contribution in [1.29, 1.82) is 0 Å². The first-order valence-corrected chi connectivity index (χ1v) is 8.20. The number of unbranched alkanes of at least 4 members (excludes halogenated alkanes) is 2. The van der Waals surface area contributed by atoms with Gasteiger partial charge in [-0.3, -0.25) is 4.79 Å². The summed E-state index contributed by atoms with van der Waals surface area (Å²) in [5, 5.41) is 11.4. The highest BCUT2D eigenvalue weighted by Crippen LogP contribution is 2.16. The summed E-state index contributed by atoms with van der Waals surface area (Å²) in [6.45, 7) is 5.58. The third-order valence-electron chi connectivity index (χ3n) is 3.60. The average molecular weight is 312 g/mol. The van der Waals surface area contributed by atoms with Gasteiger partial charge in [0.25, 0.3) is 5.91 Å². The Bertz CT molecular complexity index is 598. The Morgan fingerprint density at radius 3 is 2.43 bits per heavy atom. The maximum absolute atomic E-state index is 12.6. The molecule has 1 N–H and O–H groups in total. The van der Waals surface area contributed by atoms with E-state index in [1.165, 1.54) is 12.8 Å². The van der Waals surface area contributed by atoms with Crippen LogP contribution in [-0.4, -0.2) is 29.2 Å². The zero-order chi connectivity index (χ0) is 16.5. The molecule has 0 bridgehead atoms. The quantitative estimate of drug-likeness (QED) is 0.754. The minimum atomic E-state index is -0.135. The smallest absolute Gasteiger partial charge is 0.278 e. The normalized spacial score (nSPS) is 10.3. The maximum Gasteiger partial charge on any atom is 0.278 e. The van der Waals surface area contributed by atoms with E-state index < -0.39 is 0 Å². The number of hydrogen-bond donors (Lipinski definition) is 1. The molecule has 0 aliphatic rings. The lowest BCUT2D eigenvalue weighted by Crippen LogP contribution is -2.31. The topological polar surface area (TPSA) is 58.1 Å². The second-order valence-electron chi connectivity index (χ2n) is 5.32. The van der Waals surface area contributed by atoms with Crippen LogP contribution in [0.2, 0.25) is 0 Å².